The number of ether oxygens (including phenoxy) is 1. The molecule has 0 spiro atoms. The smallest absolute Gasteiger partial charge is 0.253 e. The Hall–Kier alpha value is -1.07. The summed E-state index contributed by atoms with van der Waals surface area (Å²) in [5.74, 6) is -0.0678. The fraction of sp³-hybridized carbons (Fsp3) is 0.222. The molecule has 5 heteroatoms. The summed E-state index contributed by atoms with van der Waals surface area (Å²) >= 11 is 3.23. The van der Waals surface area contributed by atoms with Gasteiger partial charge < -0.3 is 16.2 Å². The molecule has 0 saturated heterocycles. The van der Waals surface area contributed by atoms with Gasteiger partial charge >= 0.3 is 0 Å². The predicted molar refractivity (Wildman–Crippen MR) is 57.2 cm³/mol. The molecule has 1 amide bonds. The molecule has 0 aliphatic carbocycles. The predicted octanol–water partition coefficient (Wildman–Crippen LogP) is 0.885. The van der Waals surface area contributed by atoms with Gasteiger partial charge in [0.25, 0.3) is 5.91 Å². The third-order valence-corrected chi connectivity index (χ3v) is 2.26. The van der Waals surface area contributed by atoms with E-state index in [1.807, 2.05) is 0 Å². The van der Waals surface area contributed by atoms with Crippen LogP contribution in [0.5, 0.6) is 5.75 Å². The van der Waals surface area contributed by atoms with E-state index in [-0.39, 0.29) is 0 Å². The molecule has 0 atom stereocenters. The van der Waals surface area contributed by atoms with Gasteiger partial charge in [0.05, 0.1) is 5.56 Å². The third kappa shape index (κ3) is 2.46. The van der Waals surface area contributed by atoms with Gasteiger partial charge in [-0.05, 0) is 28.1 Å². The molecule has 0 aliphatic rings. The second-order valence-corrected chi connectivity index (χ2v) is 3.47. The number of halogens is 1. The number of nitrogens with two attached hydrogens (primary N) is 2. The molecule has 1 rings (SSSR count). The Bertz CT molecular complexity index is 342. The fourth-order valence-electron chi connectivity index (χ4n) is 1.03. The van der Waals surface area contributed by atoms with E-state index in [1.54, 1.807) is 18.2 Å². The van der Waals surface area contributed by atoms with E-state index in [4.69, 9.17) is 16.2 Å². The Kier molecular flexibility index (Phi) is 3.91. The summed E-state index contributed by atoms with van der Waals surface area (Å²) in [7, 11) is 0. The minimum Gasteiger partial charge on any atom is -0.491 e. The largest absolute Gasteiger partial charge is 0.491 e. The highest BCUT2D eigenvalue weighted by Crippen LogP contribution is 2.25. The summed E-state index contributed by atoms with van der Waals surface area (Å²) in [4.78, 5) is 11.1. The highest BCUT2D eigenvalue weighted by Gasteiger charge is 2.12. The number of hydrogen-bond acceptors (Lipinski definition) is 3. The van der Waals surface area contributed by atoms with Gasteiger partial charge in [-0.2, -0.15) is 0 Å². The SMILES string of the molecule is NCCOc1cccc(Br)c1C(N)=O. The van der Waals surface area contributed by atoms with Crippen molar-refractivity contribution in [3.05, 3.63) is 28.2 Å². The molecule has 0 unspecified atom stereocenters. The summed E-state index contributed by atoms with van der Waals surface area (Å²) in [6, 6.07) is 5.18. The van der Waals surface area contributed by atoms with Crippen LogP contribution in [0.1, 0.15) is 10.4 Å². The Morgan fingerprint density at radius 3 is 2.79 bits per heavy atom. The second kappa shape index (κ2) is 4.97. The van der Waals surface area contributed by atoms with Crippen LogP contribution >= 0.6 is 15.9 Å². The lowest BCUT2D eigenvalue weighted by molar-refractivity contribution is 0.0995. The van der Waals surface area contributed by atoms with E-state index in [0.717, 1.165) is 0 Å². The number of rotatable bonds is 4. The standard InChI is InChI=1S/C9H11BrN2O2/c10-6-2-1-3-7(14-5-4-11)8(6)9(12)13/h1-3H,4-5,11H2,(H2,12,13). The number of benzene rings is 1. The van der Waals surface area contributed by atoms with Crippen molar-refractivity contribution in [2.45, 2.75) is 0 Å². The summed E-state index contributed by atoms with van der Waals surface area (Å²) in [6.45, 7) is 0.751. The van der Waals surface area contributed by atoms with Crippen molar-refractivity contribution in [2.24, 2.45) is 11.5 Å². The maximum absolute atomic E-state index is 11.1. The average Bonchev–Trinajstić information content (AvgIpc) is 2.14. The van der Waals surface area contributed by atoms with Gasteiger partial charge in [-0.25, -0.2) is 0 Å². The molecule has 1 aromatic rings. The molecule has 14 heavy (non-hydrogen) atoms. The van der Waals surface area contributed by atoms with E-state index in [1.165, 1.54) is 0 Å². The Morgan fingerprint density at radius 1 is 1.50 bits per heavy atom. The molecular formula is C9H11BrN2O2. The van der Waals surface area contributed by atoms with E-state index < -0.39 is 5.91 Å². The molecule has 4 nitrogen and oxygen atoms in total. The highest BCUT2D eigenvalue weighted by molar-refractivity contribution is 9.10. The zero-order valence-corrected chi connectivity index (χ0v) is 9.08. The number of hydrogen-bond donors (Lipinski definition) is 2. The van der Waals surface area contributed by atoms with E-state index >= 15 is 0 Å². The lowest BCUT2D eigenvalue weighted by atomic mass is 10.2. The van der Waals surface area contributed by atoms with Crippen LogP contribution in [0.2, 0.25) is 0 Å². The van der Waals surface area contributed by atoms with Crippen molar-refractivity contribution in [1.29, 1.82) is 0 Å². The van der Waals surface area contributed by atoms with Crippen LogP contribution in [0.4, 0.5) is 0 Å². The normalized spacial score (nSPS) is 9.86. The van der Waals surface area contributed by atoms with Crippen LogP contribution in [-0.2, 0) is 0 Å². The van der Waals surface area contributed by atoms with Crippen LogP contribution in [0.25, 0.3) is 0 Å². The first-order valence-electron chi connectivity index (χ1n) is 4.08. The van der Waals surface area contributed by atoms with Crippen molar-refractivity contribution < 1.29 is 9.53 Å². The summed E-state index contributed by atoms with van der Waals surface area (Å²) < 4.78 is 5.90. The number of carbonyl (C=O) groups is 1. The van der Waals surface area contributed by atoms with E-state index in [2.05, 4.69) is 15.9 Å². The van der Waals surface area contributed by atoms with Gasteiger partial charge in [0.1, 0.15) is 12.4 Å². The Balaban J connectivity index is 3.02. The number of carbonyl (C=O) groups excluding carboxylic acids is 1. The Labute approximate surface area is 90.3 Å². The highest BCUT2D eigenvalue weighted by atomic mass is 79.9. The molecule has 0 bridgehead atoms. The van der Waals surface area contributed by atoms with Crippen molar-refractivity contribution in [3.63, 3.8) is 0 Å². The fourth-order valence-corrected chi connectivity index (χ4v) is 1.58. The van der Waals surface area contributed by atoms with Crippen molar-refractivity contribution in [3.8, 4) is 5.75 Å². The van der Waals surface area contributed by atoms with E-state index in [9.17, 15) is 4.79 Å². The van der Waals surface area contributed by atoms with Crippen LogP contribution in [0.3, 0.4) is 0 Å². The van der Waals surface area contributed by atoms with Crippen LogP contribution in [0.15, 0.2) is 22.7 Å². The molecule has 0 heterocycles. The summed E-state index contributed by atoms with van der Waals surface area (Å²) in [5.41, 5.74) is 10.8. The zero-order chi connectivity index (χ0) is 10.6. The third-order valence-electron chi connectivity index (χ3n) is 1.60. The Morgan fingerprint density at radius 2 is 2.21 bits per heavy atom. The average molecular weight is 259 g/mol. The van der Waals surface area contributed by atoms with Crippen LogP contribution < -0.4 is 16.2 Å². The molecule has 0 fully saturated rings. The van der Waals surface area contributed by atoms with Crippen molar-refractivity contribution in [1.82, 2.24) is 0 Å². The maximum atomic E-state index is 11.1. The first-order valence-corrected chi connectivity index (χ1v) is 4.87. The maximum Gasteiger partial charge on any atom is 0.253 e. The van der Waals surface area contributed by atoms with Gasteiger partial charge in [0.2, 0.25) is 0 Å². The van der Waals surface area contributed by atoms with E-state index in [0.29, 0.717) is 28.9 Å². The molecular weight excluding hydrogens is 248 g/mol. The monoisotopic (exact) mass is 258 g/mol. The summed E-state index contributed by atoms with van der Waals surface area (Å²) in [5, 5.41) is 0. The minimum atomic E-state index is -0.524. The van der Waals surface area contributed by atoms with Gasteiger partial charge in [-0.15, -0.1) is 0 Å². The van der Waals surface area contributed by atoms with Gasteiger partial charge in [-0.3, -0.25) is 4.79 Å². The van der Waals surface area contributed by atoms with Gasteiger partial charge in [0.15, 0.2) is 0 Å². The zero-order valence-electron chi connectivity index (χ0n) is 7.50. The molecule has 76 valence electrons. The number of primary amides is 1. The van der Waals surface area contributed by atoms with Crippen LogP contribution in [0, 0.1) is 0 Å². The van der Waals surface area contributed by atoms with Gasteiger partial charge in [-0.1, -0.05) is 6.07 Å². The molecule has 1 aromatic carbocycles. The summed E-state index contributed by atoms with van der Waals surface area (Å²) in [6.07, 6.45) is 0. The second-order valence-electron chi connectivity index (χ2n) is 2.61. The first-order chi connectivity index (χ1) is 6.66. The lowest BCUT2D eigenvalue weighted by Crippen LogP contribution is -2.16. The van der Waals surface area contributed by atoms with Crippen molar-refractivity contribution in [2.75, 3.05) is 13.2 Å². The number of amides is 1. The lowest BCUT2D eigenvalue weighted by Gasteiger charge is -2.09. The first kappa shape index (κ1) is 11.0. The van der Waals surface area contributed by atoms with Crippen molar-refractivity contribution >= 4 is 21.8 Å². The quantitative estimate of drug-likeness (QED) is 0.842. The molecule has 4 N–H and O–H groups in total. The minimum absolute atomic E-state index is 0.348. The molecule has 0 aromatic heterocycles. The van der Waals surface area contributed by atoms with Gasteiger partial charge in [0, 0.05) is 11.0 Å². The molecule has 0 radical (unpaired) electrons. The molecule has 0 saturated carbocycles. The van der Waals surface area contributed by atoms with Crippen LogP contribution in [-0.4, -0.2) is 19.1 Å². The molecule has 0 aliphatic heterocycles. The topological polar surface area (TPSA) is 78.3 Å².